The molecule has 0 amide bonds. The van der Waals surface area contributed by atoms with E-state index in [1.165, 1.54) is 24.3 Å². The van der Waals surface area contributed by atoms with E-state index in [0.29, 0.717) is 12.1 Å². The molecule has 1 heterocycles. The first-order valence-electron chi connectivity index (χ1n) is 6.81. The Labute approximate surface area is 132 Å². The number of benzene rings is 1. The number of piperidine rings is 1. The third kappa shape index (κ3) is 5.90. The van der Waals surface area contributed by atoms with Crippen LogP contribution in [-0.4, -0.2) is 28.1 Å². The molecule has 120 valence electrons. The minimum atomic E-state index is -3.38. The van der Waals surface area contributed by atoms with Gasteiger partial charge in [0.1, 0.15) is 5.82 Å². The van der Waals surface area contributed by atoms with E-state index in [4.69, 9.17) is 0 Å². The maximum Gasteiger partial charge on any atom is 0.215 e. The van der Waals surface area contributed by atoms with Crippen LogP contribution in [-0.2, 0) is 15.8 Å². The molecule has 0 radical (unpaired) electrons. The first-order chi connectivity index (χ1) is 9.39. The molecule has 0 unspecified atom stereocenters. The first kappa shape index (κ1) is 18.4. The summed E-state index contributed by atoms with van der Waals surface area (Å²) >= 11 is 0. The third-order valence-electron chi connectivity index (χ3n) is 3.80. The van der Waals surface area contributed by atoms with Crippen LogP contribution in [0.15, 0.2) is 24.3 Å². The highest BCUT2D eigenvalue weighted by atomic mass is 35.5. The minimum Gasteiger partial charge on any atom is -0.317 e. The molecule has 0 saturated carbocycles. The van der Waals surface area contributed by atoms with Crippen molar-refractivity contribution in [3.63, 3.8) is 0 Å². The van der Waals surface area contributed by atoms with Crippen LogP contribution >= 0.6 is 12.4 Å². The van der Waals surface area contributed by atoms with E-state index in [1.807, 2.05) is 0 Å². The van der Waals surface area contributed by atoms with Gasteiger partial charge in [0.15, 0.2) is 0 Å². The van der Waals surface area contributed by atoms with Crippen LogP contribution in [0.5, 0.6) is 0 Å². The number of sulfonamides is 1. The number of halogens is 2. The van der Waals surface area contributed by atoms with Gasteiger partial charge >= 0.3 is 0 Å². The van der Waals surface area contributed by atoms with Crippen molar-refractivity contribution in [2.45, 2.75) is 25.5 Å². The topological polar surface area (TPSA) is 58.2 Å². The third-order valence-corrected chi connectivity index (χ3v) is 5.10. The number of hydrogen-bond donors (Lipinski definition) is 2. The molecule has 0 atom stereocenters. The molecule has 7 heteroatoms. The minimum absolute atomic E-state index is 0. The van der Waals surface area contributed by atoms with Crippen molar-refractivity contribution < 1.29 is 12.8 Å². The molecule has 4 nitrogen and oxygen atoms in total. The van der Waals surface area contributed by atoms with Crippen molar-refractivity contribution in [2.75, 3.05) is 19.6 Å². The first-order valence-corrected chi connectivity index (χ1v) is 8.46. The van der Waals surface area contributed by atoms with Crippen LogP contribution in [0.2, 0.25) is 0 Å². The summed E-state index contributed by atoms with van der Waals surface area (Å²) in [6.45, 7) is 4.42. The van der Waals surface area contributed by atoms with E-state index in [2.05, 4.69) is 17.0 Å². The molecule has 2 rings (SSSR count). The molecule has 1 aromatic rings. The summed E-state index contributed by atoms with van der Waals surface area (Å²) in [5.74, 6) is -0.469. The molecule has 1 aliphatic heterocycles. The summed E-state index contributed by atoms with van der Waals surface area (Å²) in [7, 11) is -3.38. The van der Waals surface area contributed by atoms with Gasteiger partial charge in [0, 0.05) is 6.54 Å². The Kier molecular flexibility index (Phi) is 6.59. The summed E-state index contributed by atoms with van der Waals surface area (Å²) in [6, 6.07) is 5.56. The van der Waals surface area contributed by atoms with Crippen molar-refractivity contribution in [3.05, 3.63) is 35.6 Å². The lowest BCUT2D eigenvalue weighted by Crippen LogP contribution is -2.43. The second-order valence-corrected chi connectivity index (χ2v) is 7.57. The summed E-state index contributed by atoms with van der Waals surface area (Å²) in [6.07, 6.45) is 1.93. The monoisotopic (exact) mass is 336 g/mol. The van der Waals surface area contributed by atoms with E-state index in [9.17, 15) is 12.8 Å². The van der Waals surface area contributed by atoms with Crippen molar-refractivity contribution in [3.8, 4) is 0 Å². The maximum atomic E-state index is 12.8. The fraction of sp³-hybridized carbons (Fsp3) is 0.571. The standard InChI is InChI=1S/C14H21FN2O2S.ClH/c1-14(6-8-16-9-7-14)11-17-20(18,19)10-12-2-4-13(15)5-3-12;/h2-5,16-17H,6-11H2,1H3;1H. The van der Waals surface area contributed by atoms with Gasteiger partial charge in [-0.3, -0.25) is 0 Å². The molecule has 1 aromatic carbocycles. The average molecular weight is 337 g/mol. The van der Waals surface area contributed by atoms with Crippen molar-refractivity contribution in [2.24, 2.45) is 5.41 Å². The fourth-order valence-electron chi connectivity index (χ4n) is 2.34. The van der Waals surface area contributed by atoms with Crippen molar-refractivity contribution in [1.29, 1.82) is 0 Å². The van der Waals surface area contributed by atoms with Crippen molar-refractivity contribution >= 4 is 22.4 Å². The predicted octanol–water partition coefficient (Wildman–Crippen LogP) is 2.06. The van der Waals surface area contributed by atoms with Gasteiger partial charge in [-0.2, -0.15) is 0 Å². The Bertz CT molecular complexity index is 543. The highest BCUT2D eigenvalue weighted by Crippen LogP contribution is 2.27. The van der Waals surface area contributed by atoms with Gasteiger partial charge in [0.05, 0.1) is 5.75 Å². The summed E-state index contributed by atoms with van der Waals surface area (Å²) in [5, 5.41) is 3.27. The zero-order chi connectivity index (χ0) is 14.6. The SMILES string of the molecule is CC1(CNS(=O)(=O)Cc2ccc(F)cc2)CCNCC1.Cl. The van der Waals surface area contributed by atoms with E-state index in [0.717, 1.165) is 25.9 Å². The molecule has 1 fully saturated rings. The van der Waals surface area contributed by atoms with Crippen LogP contribution in [0.25, 0.3) is 0 Å². The molecule has 0 bridgehead atoms. The lowest BCUT2D eigenvalue weighted by Gasteiger charge is -2.34. The quantitative estimate of drug-likeness (QED) is 0.865. The van der Waals surface area contributed by atoms with Crippen LogP contribution < -0.4 is 10.0 Å². The van der Waals surface area contributed by atoms with Gasteiger partial charge in [0.2, 0.25) is 10.0 Å². The molecule has 0 aromatic heterocycles. The smallest absolute Gasteiger partial charge is 0.215 e. The van der Waals surface area contributed by atoms with E-state index < -0.39 is 10.0 Å². The number of nitrogens with one attached hydrogen (secondary N) is 2. The predicted molar refractivity (Wildman–Crippen MR) is 84.5 cm³/mol. The molecule has 1 saturated heterocycles. The number of rotatable bonds is 5. The highest BCUT2D eigenvalue weighted by Gasteiger charge is 2.28. The Morgan fingerprint density at radius 2 is 1.81 bits per heavy atom. The molecular weight excluding hydrogens is 315 g/mol. The van der Waals surface area contributed by atoms with Gasteiger partial charge in [-0.1, -0.05) is 19.1 Å². The second kappa shape index (κ2) is 7.54. The van der Waals surface area contributed by atoms with Gasteiger partial charge in [-0.05, 0) is 49.0 Å². The van der Waals surface area contributed by atoms with Gasteiger partial charge in [-0.25, -0.2) is 17.5 Å². The molecule has 2 N–H and O–H groups in total. The lowest BCUT2D eigenvalue weighted by molar-refractivity contribution is 0.232. The van der Waals surface area contributed by atoms with Gasteiger partial charge in [0.25, 0.3) is 0 Å². The van der Waals surface area contributed by atoms with E-state index in [1.54, 1.807) is 0 Å². The lowest BCUT2D eigenvalue weighted by atomic mass is 9.81. The Balaban J connectivity index is 0.00000220. The molecular formula is C14H22ClFN2O2S. The largest absolute Gasteiger partial charge is 0.317 e. The molecule has 1 aliphatic rings. The maximum absolute atomic E-state index is 12.8. The zero-order valence-electron chi connectivity index (χ0n) is 12.1. The van der Waals surface area contributed by atoms with Crippen LogP contribution in [0, 0.1) is 11.2 Å². The van der Waals surface area contributed by atoms with Crippen LogP contribution in [0.1, 0.15) is 25.3 Å². The summed E-state index contributed by atoms with van der Waals surface area (Å²) in [4.78, 5) is 0. The van der Waals surface area contributed by atoms with Crippen LogP contribution in [0.3, 0.4) is 0 Å². The molecule has 21 heavy (non-hydrogen) atoms. The van der Waals surface area contributed by atoms with E-state index >= 15 is 0 Å². The highest BCUT2D eigenvalue weighted by molar-refractivity contribution is 7.88. The van der Waals surface area contributed by atoms with E-state index in [-0.39, 0.29) is 29.4 Å². The number of hydrogen-bond acceptors (Lipinski definition) is 3. The fourth-order valence-corrected chi connectivity index (χ4v) is 3.64. The van der Waals surface area contributed by atoms with Crippen LogP contribution in [0.4, 0.5) is 4.39 Å². The Morgan fingerprint density at radius 1 is 1.24 bits per heavy atom. The second-order valence-electron chi connectivity index (χ2n) is 5.77. The summed E-state index contributed by atoms with van der Waals surface area (Å²) in [5.41, 5.74) is 0.607. The molecule has 0 aliphatic carbocycles. The Morgan fingerprint density at radius 3 is 2.38 bits per heavy atom. The van der Waals surface area contributed by atoms with Gasteiger partial charge < -0.3 is 5.32 Å². The molecule has 0 spiro atoms. The average Bonchev–Trinajstić information content (AvgIpc) is 2.40. The summed E-state index contributed by atoms with van der Waals surface area (Å²) < 4.78 is 39.6. The zero-order valence-corrected chi connectivity index (χ0v) is 13.7. The normalized spacial score (nSPS) is 18.0. The van der Waals surface area contributed by atoms with Gasteiger partial charge in [-0.15, -0.1) is 12.4 Å². The Hall–Kier alpha value is -0.690. The van der Waals surface area contributed by atoms with Crippen molar-refractivity contribution in [1.82, 2.24) is 10.0 Å².